The summed E-state index contributed by atoms with van der Waals surface area (Å²) in [7, 11) is 1.66. The number of methoxy groups -OCH3 is 1. The predicted molar refractivity (Wildman–Crippen MR) is 142 cm³/mol. The molecule has 1 unspecified atom stereocenters. The summed E-state index contributed by atoms with van der Waals surface area (Å²) in [6, 6.07) is 21.2. The number of aromatic amines is 1. The average molecular weight is 498 g/mol. The highest BCUT2D eigenvalue weighted by Gasteiger charge is 2.42. The van der Waals surface area contributed by atoms with Crippen LogP contribution < -0.4 is 4.74 Å². The number of phenolic OH excluding ortho intramolecular Hbond substituents is 1. The lowest BCUT2D eigenvalue weighted by Gasteiger charge is -2.27. The van der Waals surface area contributed by atoms with Crippen LogP contribution in [0.2, 0.25) is 0 Å². The van der Waals surface area contributed by atoms with Gasteiger partial charge in [-0.2, -0.15) is 5.10 Å². The van der Waals surface area contributed by atoms with Gasteiger partial charge < -0.3 is 19.5 Å². The van der Waals surface area contributed by atoms with E-state index in [9.17, 15) is 9.90 Å². The summed E-state index contributed by atoms with van der Waals surface area (Å²) in [5.74, 6) is 0.754. The Bertz CT molecular complexity index is 1390. The van der Waals surface area contributed by atoms with Gasteiger partial charge in [0, 0.05) is 31.4 Å². The highest BCUT2D eigenvalue weighted by molar-refractivity contribution is 6.00. The number of nitrogens with one attached hydrogen (secondary N) is 1. The number of aromatic hydroxyl groups is 1. The van der Waals surface area contributed by atoms with E-state index in [1.807, 2.05) is 79.4 Å². The van der Waals surface area contributed by atoms with E-state index in [1.54, 1.807) is 13.2 Å². The van der Waals surface area contributed by atoms with Gasteiger partial charge in [0.15, 0.2) is 0 Å². The van der Waals surface area contributed by atoms with Crippen LogP contribution in [0.3, 0.4) is 0 Å². The molecule has 3 aromatic carbocycles. The fourth-order valence-electron chi connectivity index (χ4n) is 5.11. The van der Waals surface area contributed by atoms with Gasteiger partial charge in [-0.05, 0) is 60.7 Å². The third-order valence-corrected chi connectivity index (χ3v) is 6.73. The summed E-state index contributed by atoms with van der Waals surface area (Å²) in [6.07, 6.45) is 0.699. The molecule has 0 bridgehead atoms. The first-order valence-corrected chi connectivity index (χ1v) is 12.4. The Labute approximate surface area is 216 Å². The number of carbonyl (C=O) groups excluding carboxylic acids is 1. The second-order valence-electron chi connectivity index (χ2n) is 9.43. The molecule has 2 heterocycles. The molecule has 190 valence electrons. The number of benzene rings is 3. The van der Waals surface area contributed by atoms with Gasteiger partial charge in [-0.1, -0.05) is 48.5 Å². The molecule has 0 saturated carbocycles. The molecule has 7 heteroatoms. The molecular formula is C30H31N3O4. The number of aromatic nitrogens is 2. The van der Waals surface area contributed by atoms with Crippen LogP contribution in [0.25, 0.3) is 11.3 Å². The molecule has 37 heavy (non-hydrogen) atoms. The molecule has 1 aliphatic heterocycles. The molecular weight excluding hydrogens is 466 g/mol. The summed E-state index contributed by atoms with van der Waals surface area (Å²) in [4.78, 5) is 15.4. The third kappa shape index (κ3) is 4.82. The third-order valence-electron chi connectivity index (χ3n) is 6.73. The molecule has 0 spiro atoms. The number of H-pyrrole nitrogens is 1. The zero-order valence-electron chi connectivity index (χ0n) is 21.3. The largest absolute Gasteiger partial charge is 0.507 e. The number of hydrogen-bond donors (Lipinski definition) is 2. The van der Waals surface area contributed by atoms with Crippen LogP contribution in [0.5, 0.6) is 11.5 Å². The molecule has 1 aliphatic rings. The minimum atomic E-state index is -0.381. The Morgan fingerprint density at radius 1 is 1.05 bits per heavy atom. The minimum Gasteiger partial charge on any atom is -0.507 e. The number of amides is 1. The number of carbonyl (C=O) groups is 1. The van der Waals surface area contributed by atoms with Crippen LogP contribution in [-0.2, 0) is 11.3 Å². The Kier molecular flexibility index (Phi) is 6.97. The number of aryl methyl sites for hydroxylation is 2. The highest BCUT2D eigenvalue weighted by atomic mass is 16.5. The van der Waals surface area contributed by atoms with Gasteiger partial charge in [-0.15, -0.1) is 0 Å². The first-order valence-electron chi connectivity index (χ1n) is 12.4. The van der Waals surface area contributed by atoms with Crippen molar-refractivity contribution in [2.45, 2.75) is 32.9 Å². The Hall–Kier alpha value is -4.10. The van der Waals surface area contributed by atoms with E-state index in [0.29, 0.717) is 43.1 Å². The molecule has 0 fully saturated rings. The number of hydrogen-bond acceptors (Lipinski definition) is 5. The standard InChI is InChI=1S/C30H31N3O4/c1-19-15-20(2)25(24(34)16-19)27-26-28(32-31-27)30(35)33(13-8-14-36-3)29(26)22-11-7-12-23(17-22)37-18-21-9-5-4-6-10-21/h4-7,9-12,15-17,29,34H,8,13-14,18H2,1-3H3,(H,31,32). The lowest BCUT2D eigenvalue weighted by atomic mass is 9.93. The van der Waals surface area contributed by atoms with Crippen molar-refractivity contribution in [3.63, 3.8) is 0 Å². The smallest absolute Gasteiger partial charge is 0.273 e. The first kappa shape index (κ1) is 24.6. The van der Waals surface area contributed by atoms with Gasteiger partial charge in [0.2, 0.25) is 0 Å². The molecule has 2 N–H and O–H groups in total. The molecule has 0 radical (unpaired) electrons. The van der Waals surface area contributed by atoms with Crippen molar-refractivity contribution >= 4 is 5.91 Å². The number of nitrogens with zero attached hydrogens (tertiary/aromatic N) is 2. The van der Waals surface area contributed by atoms with Gasteiger partial charge >= 0.3 is 0 Å². The van der Waals surface area contributed by atoms with Gasteiger partial charge in [-0.25, -0.2) is 0 Å². The van der Waals surface area contributed by atoms with E-state index < -0.39 is 0 Å². The van der Waals surface area contributed by atoms with Crippen molar-refractivity contribution in [2.75, 3.05) is 20.3 Å². The molecule has 1 aromatic heterocycles. The highest BCUT2D eigenvalue weighted by Crippen LogP contribution is 2.46. The number of fused-ring (bicyclic) bond motifs is 1. The zero-order chi connectivity index (χ0) is 25.9. The summed E-state index contributed by atoms with van der Waals surface area (Å²) in [5, 5.41) is 18.4. The maximum absolute atomic E-state index is 13.6. The summed E-state index contributed by atoms with van der Waals surface area (Å²) in [6.45, 7) is 5.41. The lowest BCUT2D eigenvalue weighted by molar-refractivity contribution is 0.0723. The van der Waals surface area contributed by atoms with E-state index in [4.69, 9.17) is 9.47 Å². The van der Waals surface area contributed by atoms with Gasteiger partial charge in [-0.3, -0.25) is 9.89 Å². The van der Waals surface area contributed by atoms with Crippen molar-refractivity contribution in [2.24, 2.45) is 0 Å². The number of phenols is 1. The second-order valence-corrected chi connectivity index (χ2v) is 9.43. The van der Waals surface area contributed by atoms with Gasteiger partial charge in [0.1, 0.15) is 29.5 Å². The quantitative estimate of drug-likeness (QED) is 0.296. The zero-order valence-corrected chi connectivity index (χ0v) is 21.3. The van der Waals surface area contributed by atoms with Gasteiger partial charge in [0.05, 0.1) is 6.04 Å². The van der Waals surface area contributed by atoms with Crippen LogP contribution in [0.4, 0.5) is 0 Å². The minimum absolute atomic E-state index is 0.116. The summed E-state index contributed by atoms with van der Waals surface area (Å²) < 4.78 is 11.4. The molecule has 4 aromatic rings. The van der Waals surface area contributed by atoms with Crippen LogP contribution in [0.15, 0.2) is 66.7 Å². The van der Waals surface area contributed by atoms with E-state index >= 15 is 0 Å². The fraction of sp³-hybridized carbons (Fsp3) is 0.267. The lowest BCUT2D eigenvalue weighted by Crippen LogP contribution is -2.31. The maximum Gasteiger partial charge on any atom is 0.273 e. The monoisotopic (exact) mass is 497 g/mol. The maximum atomic E-state index is 13.6. The van der Waals surface area contributed by atoms with E-state index in [-0.39, 0.29) is 17.7 Å². The van der Waals surface area contributed by atoms with E-state index in [2.05, 4.69) is 10.2 Å². The van der Waals surface area contributed by atoms with Crippen LogP contribution in [-0.4, -0.2) is 46.4 Å². The Balaban J connectivity index is 1.56. The van der Waals surface area contributed by atoms with Crippen LogP contribution in [0.1, 0.15) is 50.8 Å². The molecule has 1 atom stereocenters. The molecule has 0 saturated heterocycles. The number of ether oxygens (including phenoxy) is 2. The number of rotatable bonds is 9. The fourth-order valence-corrected chi connectivity index (χ4v) is 5.11. The SMILES string of the molecule is COCCCN1C(=O)c2[nH]nc(-c3c(C)cc(C)cc3O)c2C1c1cccc(OCc2ccccc2)c1. The van der Waals surface area contributed by atoms with E-state index in [1.165, 1.54) is 0 Å². The van der Waals surface area contributed by atoms with Crippen molar-refractivity contribution in [3.8, 4) is 22.8 Å². The van der Waals surface area contributed by atoms with Crippen molar-refractivity contribution in [1.82, 2.24) is 15.1 Å². The normalized spacial score (nSPS) is 14.7. The van der Waals surface area contributed by atoms with Crippen LogP contribution in [0, 0.1) is 13.8 Å². The predicted octanol–water partition coefficient (Wildman–Crippen LogP) is 5.56. The molecule has 5 rings (SSSR count). The Morgan fingerprint density at radius 3 is 2.62 bits per heavy atom. The van der Waals surface area contributed by atoms with Gasteiger partial charge in [0.25, 0.3) is 5.91 Å². The second kappa shape index (κ2) is 10.5. The van der Waals surface area contributed by atoms with Crippen LogP contribution >= 0.6 is 0 Å². The molecule has 0 aliphatic carbocycles. The summed E-state index contributed by atoms with van der Waals surface area (Å²) in [5.41, 5.74) is 6.30. The first-order chi connectivity index (χ1) is 18.0. The summed E-state index contributed by atoms with van der Waals surface area (Å²) >= 11 is 0. The average Bonchev–Trinajstić information content (AvgIpc) is 3.42. The topological polar surface area (TPSA) is 87.7 Å². The molecule has 7 nitrogen and oxygen atoms in total. The van der Waals surface area contributed by atoms with Crippen molar-refractivity contribution in [3.05, 3.63) is 100 Å². The Morgan fingerprint density at radius 2 is 1.86 bits per heavy atom. The van der Waals surface area contributed by atoms with Crippen molar-refractivity contribution < 1.29 is 19.4 Å². The van der Waals surface area contributed by atoms with Crippen molar-refractivity contribution in [1.29, 1.82) is 0 Å². The molecule has 1 amide bonds. The van der Waals surface area contributed by atoms with E-state index in [0.717, 1.165) is 33.6 Å².